The smallest absolute Gasteiger partial charge is 0.225 e. The highest BCUT2D eigenvalue weighted by molar-refractivity contribution is 7.89. The molecule has 0 fully saturated rings. The zero-order valence-electron chi connectivity index (χ0n) is 6.62. The van der Waals surface area contributed by atoms with Crippen LogP contribution >= 0.6 is 0 Å². The molecule has 0 saturated carbocycles. The topological polar surface area (TPSA) is 73.1 Å². The van der Waals surface area contributed by atoms with Gasteiger partial charge in [0.2, 0.25) is 16.0 Å². The maximum Gasteiger partial charge on any atom is 0.281 e. The fraction of sp³-hybridized carbons (Fsp3) is 0.167. The van der Waals surface area contributed by atoms with E-state index in [1.807, 2.05) is 0 Å². The molecule has 0 atom stereocenters. The molecule has 0 amide bonds. The van der Waals surface area contributed by atoms with Crippen LogP contribution in [0.5, 0.6) is 0 Å². The summed E-state index contributed by atoms with van der Waals surface area (Å²) in [5.74, 6) is -1.19. The molecule has 4 nitrogen and oxygen atoms in total. The first kappa shape index (κ1) is 10.9. The molecule has 1 aromatic heterocycles. The molecular weight excluding hydrogens is 221 g/mol. The molecule has 1 rings (SSSR count). The Bertz CT molecular complexity index is 446. The van der Waals surface area contributed by atoms with Crippen LogP contribution < -0.4 is 5.14 Å². The molecule has 0 aliphatic rings. The van der Waals surface area contributed by atoms with Crippen LogP contribution in [0, 0.1) is 5.95 Å². The summed E-state index contributed by atoms with van der Waals surface area (Å²) in [7, 11) is -4.30. The lowest BCUT2D eigenvalue weighted by atomic mass is 10.3. The number of aromatic nitrogens is 1. The average molecular weight is 226 g/mol. The lowest BCUT2D eigenvalue weighted by Crippen LogP contribution is -2.16. The van der Waals surface area contributed by atoms with Crippen molar-refractivity contribution in [2.24, 2.45) is 5.14 Å². The molecule has 0 radical (unpaired) electrons. The van der Waals surface area contributed by atoms with Crippen LogP contribution in [0.25, 0.3) is 0 Å². The number of alkyl halides is 2. The van der Waals surface area contributed by atoms with Crippen molar-refractivity contribution in [2.45, 2.75) is 11.3 Å². The SMILES string of the molecule is NS(=O)(=O)c1ccc(F)nc1C(F)F. The maximum atomic E-state index is 12.4. The van der Waals surface area contributed by atoms with Crippen LogP contribution in [-0.4, -0.2) is 13.4 Å². The van der Waals surface area contributed by atoms with Gasteiger partial charge in [-0.1, -0.05) is 0 Å². The third-order valence-corrected chi connectivity index (χ3v) is 2.32. The van der Waals surface area contributed by atoms with Gasteiger partial charge in [-0.15, -0.1) is 0 Å². The highest BCUT2D eigenvalue weighted by atomic mass is 32.2. The Balaban J connectivity index is 3.45. The highest BCUT2D eigenvalue weighted by Gasteiger charge is 2.22. The van der Waals surface area contributed by atoms with Crippen molar-refractivity contribution in [3.05, 3.63) is 23.8 Å². The first-order chi connectivity index (χ1) is 6.32. The molecule has 8 heteroatoms. The fourth-order valence-corrected chi connectivity index (χ4v) is 1.52. The number of hydrogen-bond acceptors (Lipinski definition) is 3. The normalized spacial score (nSPS) is 12.1. The van der Waals surface area contributed by atoms with Gasteiger partial charge in [-0.05, 0) is 12.1 Å². The van der Waals surface area contributed by atoms with E-state index in [1.54, 1.807) is 0 Å². The largest absolute Gasteiger partial charge is 0.281 e. The van der Waals surface area contributed by atoms with Crippen molar-refractivity contribution in [1.82, 2.24) is 4.98 Å². The highest BCUT2D eigenvalue weighted by Crippen LogP contribution is 2.23. The molecule has 0 spiro atoms. The van der Waals surface area contributed by atoms with Gasteiger partial charge in [0.15, 0.2) is 0 Å². The summed E-state index contributed by atoms with van der Waals surface area (Å²) in [5.41, 5.74) is -1.17. The van der Waals surface area contributed by atoms with Gasteiger partial charge < -0.3 is 0 Å². The van der Waals surface area contributed by atoms with E-state index >= 15 is 0 Å². The first-order valence-corrected chi connectivity index (χ1v) is 4.84. The second-order valence-electron chi connectivity index (χ2n) is 2.36. The van der Waals surface area contributed by atoms with Crippen LogP contribution in [0.1, 0.15) is 12.1 Å². The quantitative estimate of drug-likeness (QED) is 0.758. The van der Waals surface area contributed by atoms with Crippen LogP contribution in [0.4, 0.5) is 13.2 Å². The average Bonchev–Trinajstić information content (AvgIpc) is 2.01. The minimum absolute atomic E-state index is 0.644. The standard InChI is InChI=1S/C6H5F3N2O2S/c7-4-2-1-3(14(10,12)13)5(11-4)6(8)9/h1-2,6H,(H2,10,12,13). The van der Waals surface area contributed by atoms with Gasteiger partial charge in [0.25, 0.3) is 6.43 Å². The number of primary sulfonamides is 1. The number of halogens is 3. The van der Waals surface area contributed by atoms with E-state index < -0.39 is 33.0 Å². The fourth-order valence-electron chi connectivity index (χ4n) is 0.834. The number of nitrogens with zero attached hydrogens (tertiary/aromatic N) is 1. The molecule has 78 valence electrons. The molecule has 2 N–H and O–H groups in total. The number of nitrogens with two attached hydrogens (primary N) is 1. The minimum Gasteiger partial charge on any atom is -0.225 e. The second kappa shape index (κ2) is 3.54. The zero-order valence-corrected chi connectivity index (χ0v) is 7.43. The van der Waals surface area contributed by atoms with Crippen LogP contribution in [0.3, 0.4) is 0 Å². The number of sulfonamides is 1. The van der Waals surface area contributed by atoms with Crippen molar-refractivity contribution < 1.29 is 21.6 Å². The Hall–Kier alpha value is -1.15. The van der Waals surface area contributed by atoms with Gasteiger partial charge in [-0.2, -0.15) is 4.39 Å². The Labute approximate surface area is 77.6 Å². The summed E-state index contributed by atoms with van der Waals surface area (Å²) in [6.45, 7) is 0. The Morgan fingerprint density at radius 1 is 1.36 bits per heavy atom. The van der Waals surface area contributed by atoms with E-state index in [9.17, 15) is 21.6 Å². The van der Waals surface area contributed by atoms with Crippen molar-refractivity contribution in [1.29, 1.82) is 0 Å². The van der Waals surface area contributed by atoms with E-state index in [1.165, 1.54) is 0 Å². The summed E-state index contributed by atoms with van der Waals surface area (Å²) in [6, 6.07) is 1.30. The summed E-state index contributed by atoms with van der Waals surface area (Å²) in [5, 5.41) is 4.62. The molecule has 14 heavy (non-hydrogen) atoms. The van der Waals surface area contributed by atoms with Crippen molar-refractivity contribution >= 4 is 10.0 Å². The third-order valence-electron chi connectivity index (χ3n) is 1.37. The van der Waals surface area contributed by atoms with Gasteiger partial charge in [-0.3, -0.25) is 0 Å². The van der Waals surface area contributed by atoms with Crippen LogP contribution in [0.15, 0.2) is 17.0 Å². The molecule has 0 unspecified atom stereocenters. The van der Waals surface area contributed by atoms with Gasteiger partial charge in [-0.25, -0.2) is 27.3 Å². The lowest BCUT2D eigenvalue weighted by Gasteiger charge is -2.04. The molecule has 0 aliphatic carbocycles. The molecule has 1 heterocycles. The molecule has 0 saturated heterocycles. The molecule has 0 bridgehead atoms. The predicted octanol–water partition coefficient (Wildman–Crippen LogP) is 0.806. The summed E-state index contributed by atoms with van der Waals surface area (Å²) in [6.07, 6.45) is -3.20. The maximum absolute atomic E-state index is 12.4. The van der Waals surface area contributed by atoms with E-state index in [2.05, 4.69) is 10.1 Å². The van der Waals surface area contributed by atoms with Gasteiger partial charge in [0.1, 0.15) is 10.6 Å². The lowest BCUT2D eigenvalue weighted by molar-refractivity contribution is 0.141. The van der Waals surface area contributed by atoms with Gasteiger partial charge in [0, 0.05) is 0 Å². The van der Waals surface area contributed by atoms with Gasteiger partial charge >= 0.3 is 0 Å². The molecule has 1 aromatic rings. The predicted molar refractivity (Wildman–Crippen MR) is 40.5 cm³/mol. The van der Waals surface area contributed by atoms with Crippen LogP contribution in [0.2, 0.25) is 0 Å². The summed E-state index contributed by atoms with van der Waals surface area (Å²) < 4.78 is 58.3. The second-order valence-corrected chi connectivity index (χ2v) is 3.89. The number of pyridine rings is 1. The molecule has 0 aromatic carbocycles. The van der Waals surface area contributed by atoms with Crippen molar-refractivity contribution in [2.75, 3.05) is 0 Å². The summed E-state index contributed by atoms with van der Waals surface area (Å²) in [4.78, 5) is 1.90. The Morgan fingerprint density at radius 3 is 2.36 bits per heavy atom. The zero-order chi connectivity index (χ0) is 10.9. The van der Waals surface area contributed by atoms with Crippen molar-refractivity contribution in [3.8, 4) is 0 Å². The van der Waals surface area contributed by atoms with Crippen molar-refractivity contribution in [3.63, 3.8) is 0 Å². The number of hydrogen-bond donors (Lipinski definition) is 1. The van der Waals surface area contributed by atoms with E-state index in [0.29, 0.717) is 12.1 Å². The number of rotatable bonds is 2. The molecule has 0 aliphatic heterocycles. The monoisotopic (exact) mass is 226 g/mol. The molecular formula is C6H5F3N2O2S. The van der Waals surface area contributed by atoms with Gasteiger partial charge in [0.05, 0.1) is 0 Å². The van der Waals surface area contributed by atoms with E-state index in [-0.39, 0.29) is 0 Å². The Morgan fingerprint density at radius 2 is 1.93 bits per heavy atom. The first-order valence-electron chi connectivity index (χ1n) is 3.30. The van der Waals surface area contributed by atoms with Crippen LogP contribution in [-0.2, 0) is 10.0 Å². The van der Waals surface area contributed by atoms with E-state index in [0.717, 1.165) is 0 Å². The summed E-state index contributed by atoms with van der Waals surface area (Å²) >= 11 is 0. The minimum atomic E-state index is -4.30. The van der Waals surface area contributed by atoms with E-state index in [4.69, 9.17) is 0 Å². The Kier molecular flexibility index (Phi) is 2.76. The third kappa shape index (κ3) is 2.20.